The molecule has 3 nitrogen and oxygen atoms in total. The molecule has 28 heavy (non-hydrogen) atoms. The van der Waals surface area contributed by atoms with Crippen LogP contribution in [0.15, 0.2) is 48.5 Å². The molecule has 0 bridgehead atoms. The summed E-state index contributed by atoms with van der Waals surface area (Å²) in [5, 5.41) is 4.09. The third kappa shape index (κ3) is 3.47. The summed E-state index contributed by atoms with van der Waals surface area (Å²) >= 11 is 0. The first-order valence-electron chi connectivity index (χ1n) is 10.2. The van der Waals surface area contributed by atoms with E-state index in [1.54, 1.807) is 6.07 Å². The SMILES string of the molecule is CNC.Fc1cccc(C2CCC3(CC2)OCCc2c3[nH]c3ccccc23)c1. The molecule has 2 aliphatic rings. The third-order valence-electron chi connectivity index (χ3n) is 6.11. The molecule has 5 rings (SSSR count). The van der Waals surface area contributed by atoms with Crippen molar-refractivity contribution in [3.05, 3.63) is 71.2 Å². The van der Waals surface area contributed by atoms with Crippen molar-refractivity contribution in [2.24, 2.45) is 0 Å². The van der Waals surface area contributed by atoms with Crippen molar-refractivity contribution in [3.63, 3.8) is 0 Å². The molecule has 0 unspecified atom stereocenters. The second kappa shape index (κ2) is 8.06. The van der Waals surface area contributed by atoms with Gasteiger partial charge in [0.05, 0.1) is 12.3 Å². The highest BCUT2D eigenvalue weighted by Crippen LogP contribution is 2.49. The van der Waals surface area contributed by atoms with Crippen LogP contribution in [0.25, 0.3) is 10.9 Å². The Bertz CT molecular complexity index is 941. The summed E-state index contributed by atoms with van der Waals surface area (Å²) in [5.41, 5.74) is 4.88. The number of benzene rings is 2. The minimum absolute atomic E-state index is 0.135. The predicted molar refractivity (Wildman–Crippen MR) is 112 cm³/mol. The third-order valence-corrected chi connectivity index (χ3v) is 6.11. The van der Waals surface area contributed by atoms with E-state index in [-0.39, 0.29) is 11.4 Å². The Labute approximate surface area is 166 Å². The summed E-state index contributed by atoms with van der Waals surface area (Å²) in [5.74, 6) is 0.296. The van der Waals surface area contributed by atoms with Crippen molar-refractivity contribution in [1.82, 2.24) is 10.3 Å². The van der Waals surface area contributed by atoms with E-state index in [2.05, 4.69) is 40.6 Å². The normalized spacial score (nSPS) is 23.9. The van der Waals surface area contributed by atoms with E-state index in [0.717, 1.165) is 44.3 Å². The van der Waals surface area contributed by atoms with Crippen LogP contribution in [-0.4, -0.2) is 25.7 Å². The molecule has 1 aliphatic heterocycles. The number of rotatable bonds is 1. The van der Waals surface area contributed by atoms with Crippen molar-refractivity contribution < 1.29 is 9.13 Å². The minimum Gasteiger partial charge on any atom is -0.368 e. The molecule has 1 saturated carbocycles. The van der Waals surface area contributed by atoms with Crippen LogP contribution < -0.4 is 5.32 Å². The lowest BCUT2D eigenvalue weighted by Gasteiger charge is -2.42. The molecule has 2 N–H and O–H groups in total. The van der Waals surface area contributed by atoms with E-state index < -0.39 is 0 Å². The molecular weight excluding hydrogens is 351 g/mol. The molecule has 0 radical (unpaired) electrons. The predicted octanol–water partition coefficient (Wildman–Crippen LogP) is 5.27. The molecule has 1 fully saturated rings. The molecule has 0 atom stereocenters. The van der Waals surface area contributed by atoms with E-state index in [4.69, 9.17) is 4.74 Å². The highest BCUT2D eigenvalue weighted by atomic mass is 19.1. The molecular formula is C24H29FN2O. The number of H-pyrrole nitrogens is 1. The number of aromatic amines is 1. The van der Waals surface area contributed by atoms with Gasteiger partial charge in [0, 0.05) is 10.9 Å². The zero-order valence-corrected chi connectivity index (χ0v) is 16.7. The molecule has 0 saturated heterocycles. The zero-order chi connectivity index (χ0) is 19.6. The van der Waals surface area contributed by atoms with Gasteiger partial charge in [-0.25, -0.2) is 4.39 Å². The quantitative estimate of drug-likeness (QED) is 0.603. The fourth-order valence-corrected chi connectivity index (χ4v) is 4.84. The van der Waals surface area contributed by atoms with Crippen LogP contribution in [0.2, 0.25) is 0 Å². The summed E-state index contributed by atoms with van der Waals surface area (Å²) < 4.78 is 19.9. The molecule has 1 aromatic heterocycles. The second-order valence-electron chi connectivity index (χ2n) is 7.95. The number of hydrogen-bond donors (Lipinski definition) is 2. The minimum atomic E-state index is -0.184. The van der Waals surface area contributed by atoms with Crippen LogP contribution in [0.1, 0.15) is 48.4 Å². The molecule has 2 heterocycles. The van der Waals surface area contributed by atoms with Crippen LogP contribution in [0, 0.1) is 5.82 Å². The smallest absolute Gasteiger partial charge is 0.123 e. The summed E-state index contributed by atoms with van der Waals surface area (Å²) in [6.07, 6.45) is 5.05. The van der Waals surface area contributed by atoms with E-state index in [0.29, 0.717) is 5.92 Å². The van der Waals surface area contributed by atoms with Crippen molar-refractivity contribution in [1.29, 1.82) is 0 Å². The lowest BCUT2D eigenvalue weighted by molar-refractivity contribution is -0.0900. The number of aromatic nitrogens is 1. The van der Waals surface area contributed by atoms with Gasteiger partial charge in [-0.1, -0.05) is 30.3 Å². The van der Waals surface area contributed by atoms with E-state index in [1.165, 1.54) is 28.2 Å². The van der Waals surface area contributed by atoms with Crippen LogP contribution in [0.5, 0.6) is 0 Å². The highest BCUT2D eigenvalue weighted by Gasteiger charge is 2.43. The topological polar surface area (TPSA) is 37.0 Å². The number of hydrogen-bond acceptors (Lipinski definition) is 2. The van der Waals surface area contributed by atoms with Gasteiger partial charge in [0.2, 0.25) is 0 Å². The molecule has 3 aromatic rings. The van der Waals surface area contributed by atoms with Gasteiger partial charge in [0.1, 0.15) is 11.4 Å². The van der Waals surface area contributed by atoms with E-state index in [9.17, 15) is 4.39 Å². The van der Waals surface area contributed by atoms with Gasteiger partial charge < -0.3 is 15.0 Å². The largest absolute Gasteiger partial charge is 0.368 e. The van der Waals surface area contributed by atoms with Crippen LogP contribution in [0.3, 0.4) is 0 Å². The Morgan fingerprint density at radius 2 is 1.82 bits per heavy atom. The molecule has 1 spiro atoms. The van der Waals surface area contributed by atoms with Crippen LogP contribution in [-0.2, 0) is 16.8 Å². The fourth-order valence-electron chi connectivity index (χ4n) is 4.84. The molecule has 1 aliphatic carbocycles. The lowest BCUT2D eigenvalue weighted by Crippen LogP contribution is -2.38. The monoisotopic (exact) mass is 380 g/mol. The standard InChI is InChI=1S/C22H22FNO.C2H7N/c23-17-5-3-4-16(14-17)15-8-11-22(12-9-15)21-19(10-13-25-22)18-6-1-2-7-20(18)24-21;1-3-2/h1-7,14-15,24H,8-13H2;3H,1-2H3. The first-order valence-corrected chi connectivity index (χ1v) is 10.2. The van der Waals surface area contributed by atoms with Crippen molar-refractivity contribution in [2.75, 3.05) is 20.7 Å². The average Bonchev–Trinajstić information content (AvgIpc) is 3.10. The Hall–Kier alpha value is -2.17. The zero-order valence-electron chi connectivity index (χ0n) is 16.7. The number of nitrogens with one attached hydrogen (secondary N) is 2. The van der Waals surface area contributed by atoms with Gasteiger partial charge in [-0.3, -0.25) is 0 Å². The van der Waals surface area contributed by atoms with Crippen molar-refractivity contribution in [3.8, 4) is 0 Å². The van der Waals surface area contributed by atoms with E-state index in [1.807, 2.05) is 20.2 Å². The summed E-state index contributed by atoms with van der Waals surface area (Å²) in [7, 11) is 3.75. The maximum absolute atomic E-state index is 13.6. The van der Waals surface area contributed by atoms with Gasteiger partial charge in [-0.2, -0.15) is 0 Å². The Morgan fingerprint density at radius 3 is 2.57 bits per heavy atom. The number of para-hydroxylation sites is 1. The Morgan fingerprint density at radius 1 is 1.07 bits per heavy atom. The van der Waals surface area contributed by atoms with Crippen LogP contribution in [0.4, 0.5) is 4.39 Å². The number of ether oxygens (including phenoxy) is 1. The molecule has 148 valence electrons. The molecule has 0 amide bonds. The Balaban J connectivity index is 0.000000604. The maximum atomic E-state index is 13.6. The summed E-state index contributed by atoms with van der Waals surface area (Å²) in [6.45, 7) is 0.791. The summed E-state index contributed by atoms with van der Waals surface area (Å²) in [4.78, 5) is 3.66. The summed E-state index contributed by atoms with van der Waals surface area (Å²) in [6, 6.07) is 15.7. The van der Waals surface area contributed by atoms with Gasteiger partial charge >= 0.3 is 0 Å². The molecule has 2 aromatic carbocycles. The molecule has 4 heteroatoms. The highest BCUT2D eigenvalue weighted by molar-refractivity contribution is 5.85. The fraction of sp³-hybridized carbons (Fsp3) is 0.417. The van der Waals surface area contributed by atoms with Gasteiger partial charge in [-0.15, -0.1) is 0 Å². The van der Waals surface area contributed by atoms with Gasteiger partial charge in [-0.05, 0) is 81.4 Å². The Kier molecular flexibility index (Phi) is 5.51. The van der Waals surface area contributed by atoms with Gasteiger partial charge in [0.25, 0.3) is 0 Å². The van der Waals surface area contributed by atoms with Crippen LogP contribution >= 0.6 is 0 Å². The number of fused-ring (bicyclic) bond motifs is 4. The van der Waals surface area contributed by atoms with Crippen molar-refractivity contribution in [2.45, 2.75) is 43.6 Å². The van der Waals surface area contributed by atoms with Crippen molar-refractivity contribution >= 4 is 10.9 Å². The second-order valence-corrected chi connectivity index (χ2v) is 7.95. The first-order chi connectivity index (χ1) is 13.7. The maximum Gasteiger partial charge on any atom is 0.123 e. The van der Waals surface area contributed by atoms with E-state index >= 15 is 0 Å². The number of halogens is 1. The first kappa shape index (κ1) is 19.2. The average molecular weight is 381 g/mol. The lowest BCUT2D eigenvalue weighted by atomic mass is 9.73. The van der Waals surface area contributed by atoms with Gasteiger partial charge in [0.15, 0.2) is 0 Å².